The highest BCUT2D eigenvalue weighted by Crippen LogP contribution is 2.29. The topological polar surface area (TPSA) is 97.2 Å². The molecule has 0 aliphatic carbocycles. The van der Waals surface area contributed by atoms with Crippen molar-refractivity contribution in [1.82, 2.24) is 24.4 Å². The molecule has 1 aliphatic rings. The summed E-state index contributed by atoms with van der Waals surface area (Å²) < 4.78 is 110. The average molecular weight is 562 g/mol. The van der Waals surface area contributed by atoms with Crippen LogP contribution in [0.3, 0.4) is 0 Å². The van der Waals surface area contributed by atoms with Crippen LogP contribution in [-0.4, -0.2) is 46.6 Å². The van der Waals surface area contributed by atoms with Crippen molar-refractivity contribution in [1.29, 1.82) is 0 Å². The van der Waals surface area contributed by atoms with E-state index in [1.54, 1.807) is 19.1 Å². The van der Waals surface area contributed by atoms with E-state index in [-0.39, 0.29) is 35.9 Å². The molecule has 1 N–H and O–H groups in total. The van der Waals surface area contributed by atoms with Crippen LogP contribution in [0.5, 0.6) is 0 Å². The van der Waals surface area contributed by atoms with E-state index in [4.69, 9.17) is 0 Å². The highest BCUT2D eigenvalue weighted by Gasteiger charge is 2.40. The first-order valence-corrected chi connectivity index (χ1v) is 12.7. The van der Waals surface area contributed by atoms with Crippen LogP contribution in [0.15, 0.2) is 41.3 Å². The SMILES string of the molecule is Cc1ccc(S(=O)(=O)N[C@@H](CC(=O)N2CCn3c(nnc3C(F)(F)F)C2)Cc2cc(F)c(F)cc2F)cc1. The molecule has 8 nitrogen and oxygen atoms in total. The molecule has 1 amide bonds. The van der Waals surface area contributed by atoms with Crippen molar-refractivity contribution in [3.05, 3.63) is 76.6 Å². The average Bonchev–Trinajstić information content (AvgIpc) is 3.26. The molecule has 1 aliphatic heterocycles. The number of aryl methyl sites for hydroxylation is 1. The number of aromatic nitrogens is 3. The predicted octanol–water partition coefficient (Wildman–Crippen LogP) is 3.34. The van der Waals surface area contributed by atoms with Gasteiger partial charge in [-0.2, -0.15) is 13.2 Å². The van der Waals surface area contributed by atoms with Crippen LogP contribution < -0.4 is 4.72 Å². The van der Waals surface area contributed by atoms with Crippen molar-refractivity contribution >= 4 is 15.9 Å². The zero-order valence-electron chi connectivity index (χ0n) is 19.8. The summed E-state index contributed by atoms with van der Waals surface area (Å²) in [5.74, 6) is -5.91. The van der Waals surface area contributed by atoms with Gasteiger partial charge in [0.2, 0.25) is 21.8 Å². The molecule has 2 aromatic carbocycles. The zero-order chi connectivity index (χ0) is 27.8. The zero-order valence-corrected chi connectivity index (χ0v) is 20.6. The molecular weight excluding hydrogens is 540 g/mol. The number of nitrogens with one attached hydrogen (secondary N) is 1. The Balaban J connectivity index is 1.57. The Kier molecular flexibility index (Phi) is 7.52. The molecule has 3 aromatic rings. The van der Waals surface area contributed by atoms with Gasteiger partial charge in [-0.3, -0.25) is 4.79 Å². The number of halogens is 6. The Bertz CT molecular complexity index is 1460. The number of nitrogens with zero attached hydrogens (tertiary/aromatic N) is 4. The van der Waals surface area contributed by atoms with Gasteiger partial charge in [-0.25, -0.2) is 26.3 Å². The third-order valence-corrected chi connectivity index (χ3v) is 7.53. The second-order valence-corrected chi connectivity index (χ2v) is 10.5. The summed E-state index contributed by atoms with van der Waals surface area (Å²) in [5.41, 5.74) is 0.410. The molecule has 0 spiro atoms. The van der Waals surface area contributed by atoms with Crippen LogP contribution in [0.4, 0.5) is 26.3 Å². The number of carbonyl (C=O) groups is 1. The van der Waals surface area contributed by atoms with Crippen LogP contribution in [0.25, 0.3) is 0 Å². The van der Waals surface area contributed by atoms with Gasteiger partial charge in [0.05, 0.1) is 11.4 Å². The summed E-state index contributed by atoms with van der Waals surface area (Å²) in [6, 6.07) is 5.32. The van der Waals surface area contributed by atoms with E-state index < -0.39 is 64.3 Å². The minimum atomic E-state index is -4.73. The van der Waals surface area contributed by atoms with Crippen LogP contribution in [-0.2, 0) is 40.5 Å². The number of rotatable bonds is 7. The molecular formula is C23H21F6N5O3S. The first-order valence-electron chi connectivity index (χ1n) is 11.2. The molecule has 38 heavy (non-hydrogen) atoms. The minimum Gasteiger partial charge on any atom is -0.333 e. The Labute approximate surface area is 213 Å². The van der Waals surface area contributed by atoms with E-state index in [1.807, 2.05) is 0 Å². The van der Waals surface area contributed by atoms with Crippen molar-refractivity contribution in [3.8, 4) is 0 Å². The van der Waals surface area contributed by atoms with Crippen molar-refractivity contribution in [3.63, 3.8) is 0 Å². The number of hydrogen-bond acceptors (Lipinski definition) is 5. The standard InChI is InChI=1S/C23H21F6N5O3S/c1-13-2-4-16(5-3-13)38(36,37)32-15(8-14-9-18(25)19(26)11-17(14)24)10-21(35)33-6-7-34-20(12-33)30-31-22(34)23(27,28)29/h2-5,9,11,15,32H,6-8,10,12H2,1H3/t15-/m1/s1. The molecule has 2 heterocycles. The smallest absolute Gasteiger partial charge is 0.333 e. The van der Waals surface area contributed by atoms with Crippen molar-refractivity contribution in [2.75, 3.05) is 6.54 Å². The maximum absolute atomic E-state index is 14.4. The molecule has 1 aromatic heterocycles. The second-order valence-electron chi connectivity index (χ2n) is 8.80. The quantitative estimate of drug-likeness (QED) is 0.353. The molecule has 0 unspecified atom stereocenters. The molecule has 204 valence electrons. The normalized spacial score (nSPS) is 14.9. The Morgan fingerprint density at radius 1 is 1.03 bits per heavy atom. The van der Waals surface area contributed by atoms with Gasteiger partial charge in [0.1, 0.15) is 5.82 Å². The molecule has 0 radical (unpaired) electrons. The van der Waals surface area contributed by atoms with E-state index in [0.29, 0.717) is 12.1 Å². The molecule has 0 bridgehead atoms. The third-order valence-electron chi connectivity index (χ3n) is 5.99. The van der Waals surface area contributed by atoms with Gasteiger partial charge < -0.3 is 9.47 Å². The predicted molar refractivity (Wildman–Crippen MR) is 120 cm³/mol. The summed E-state index contributed by atoms with van der Waals surface area (Å²) in [6.45, 7) is 1.03. The van der Waals surface area contributed by atoms with E-state index >= 15 is 0 Å². The third kappa shape index (κ3) is 5.99. The summed E-state index contributed by atoms with van der Waals surface area (Å²) in [5, 5.41) is 6.64. The maximum atomic E-state index is 14.4. The Morgan fingerprint density at radius 3 is 2.34 bits per heavy atom. The lowest BCUT2D eigenvalue weighted by Crippen LogP contribution is -2.44. The Morgan fingerprint density at radius 2 is 1.68 bits per heavy atom. The fourth-order valence-electron chi connectivity index (χ4n) is 4.07. The summed E-state index contributed by atoms with van der Waals surface area (Å²) in [4.78, 5) is 14.1. The number of sulfonamides is 1. The molecule has 0 saturated heterocycles. The number of carbonyl (C=O) groups excluding carboxylic acids is 1. The lowest BCUT2D eigenvalue weighted by molar-refractivity contribution is -0.148. The lowest BCUT2D eigenvalue weighted by Gasteiger charge is -2.29. The van der Waals surface area contributed by atoms with Crippen molar-refractivity contribution in [2.24, 2.45) is 0 Å². The number of alkyl halides is 3. The Hall–Kier alpha value is -3.46. The summed E-state index contributed by atoms with van der Waals surface area (Å²) in [7, 11) is -4.23. The minimum absolute atomic E-state index is 0.111. The maximum Gasteiger partial charge on any atom is 0.451 e. The lowest BCUT2D eigenvalue weighted by atomic mass is 10.0. The van der Waals surface area contributed by atoms with Gasteiger partial charge in [-0.1, -0.05) is 17.7 Å². The second kappa shape index (κ2) is 10.4. The molecule has 0 saturated carbocycles. The van der Waals surface area contributed by atoms with Crippen LogP contribution >= 0.6 is 0 Å². The van der Waals surface area contributed by atoms with E-state index in [2.05, 4.69) is 14.9 Å². The number of fused-ring (bicyclic) bond motifs is 1. The van der Waals surface area contributed by atoms with Crippen LogP contribution in [0.1, 0.15) is 29.2 Å². The first kappa shape index (κ1) is 27.6. The molecule has 0 fully saturated rings. The summed E-state index contributed by atoms with van der Waals surface area (Å²) in [6.07, 6.45) is -5.79. The van der Waals surface area contributed by atoms with Gasteiger partial charge in [-0.15, -0.1) is 10.2 Å². The van der Waals surface area contributed by atoms with E-state index in [0.717, 1.165) is 10.1 Å². The summed E-state index contributed by atoms with van der Waals surface area (Å²) >= 11 is 0. The first-order chi connectivity index (χ1) is 17.7. The monoisotopic (exact) mass is 561 g/mol. The van der Waals surface area contributed by atoms with Crippen LogP contribution in [0, 0.1) is 24.4 Å². The molecule has 4 rings (SSSR count). The fraction of sp³-hybridized carbons (Fsp3) is 0.348. The fourth-order valence-corrected chi connectivity index (χ4v) is 5.30. The molecule has 1 atom stereocenters. The van der Waals surface area contributed by atoms with Crippen molar-refractivity contribution < 1.29 is 39.6 Å². The van der Waals surface area contributed by atoms with Gasteiger partial charge in [0.25, 0.3) is 0 Å². The number of benzene rings is 2. The number of hydrogen-bond donors (Lipinski definition) is 1. The molecule has 15 heteroatoms. The van der Waals surface area contributed by atoms with E-state index in [9.17, 15) is 39.6 Å². The number of amides is 1. The van der Waals surface area contributed by atoms with Gasteiger partial charge in [0.15, 0.2) is 17.5 Å². The van der Waals surface area contributed by atoms with Crippen LogP contribution in [0.2, 0.25) is 0 Å². The van der Waals surface area contributed by atoms with Gasteiger partial charge >= 0.3 is 6.18 Å². The highest BCUT2D eigenvalue weighted by atomic mass is 32.2. The van der Waals surface area contributed by atoms with Gasteiger partial charge in [-0.05, 0) is 37.1 Å². The van der Waals surface area contributed by atoms with Crippen molar-refractivity contribution in [2.45, 2.75) is 50.0 Å². The van der Waals surface area contributed by atoms with Gasteiger partial charge in [0, 0.05) is 31.6 Å². The highest BCUT2D eigenvalue weighted by molar-refractivity contribution is 7.89. The van der Waals surface area contributed by atoms with E-state index in [1.165, 1.54) is 17.0 Å². The largest absolute Gasteiger partial charge is 0.451 e.